The molecule has 0 aromatic heterocycles. The molecule has 0 aliphatic heterocycles. The van der Waals surface area contributed by atoms with Gasteiger partial charge in [-0.25, -0.2) is 0 Å². The van der Waals surface area contributed by atoms with Gasteiger partial charge in [-0.15, -0.1) is 0 Å². The fourth-order valence-corrected chi connectivity index (χ4v) is 4.55. The minimum Gasteiger partial charge on any atom is -0.313 e. The molecule has 3 rings (SSSR count). The lowest BCUT2D eigenvalue weighted by Gasteiger charge is -2.09. The molecule has 1 N–H and O–H groups in total. The Bertz CT molecular complexity index is 921. The maximum atomic E-state index is 6.49. The number of hydrogen-bond acceptors (Lipinski definition) is 1. The van der Waals surface area contributed by atoms with Gasteiger partial charge in [0.25, 0.3) is 0 Å². The van der Waals surface area contributed by atoms with Crippen molar-refractivity contribution in [1.82, 2.24) is 5.32 Å². The van der Waals surface area contributed by atoms with E-state index in [1.807, 2.05) is 24.3 Å². The van der Waals surface area contributed by atoms with Gasteiger partial charge in [-0.2, -0.15) is 0 Å². The zero-order chi connectivity index (χ0) is 20.6. The molecule has 0 amide bonds. The van der Waals surface area contributed by atoms with Gasteiger partial charge >= 0.3 is 0 Å². The molecule has 0 saturated carbocycles. The van der Waals surface area contributed by atoms with Gasteiger partial charge in [-0.3, -0.25) is 0 Å². The molecule has 3 aromatic rings. The topological polar surface area (TPSA) is 12.0 Å². The van der Waals surface area contributed by atoms with Crippen molar-refractivity contribution in [2.45, 2.75) is 32.2 Å². The molecule has 0 heterocycles. The predicted octanol–water partition coefficient (Wildman–Crippen LogP) is 8.58. The second-order valence-electron chi connectivity index (χ2n) is 7.04. The van der Waals surface area contributed by atoms with Crippen LogP contribution in [0.2, 0.25) is 15.1 Å². The number of halogens is 4. The molecule has 0 radical (unpaired) electrons. The molecule has 0 bridgehead atoms. The van der Waals surface area contributed by atoms with Crippen molar-refractivity contribution in [3.63, 3.8) is 0 Å². The molecule has 152 valence electrons. The third kappa shape index (κ3) is 6.73. The molecule has 0 fully saturated rings. The van der Waals surface area contributed by atoms with Crippen LogP contribution in [-0.2, 0) is 13.0 Å². The Labute approximate surface area is 196 Å². The van der Waals surface area contributed by atoms with Crippen molar-refractivity contribution in [1.29, 1.82) is 0 Å². The molecule has 0 atom stereocenters. The number of nitrogens with one attached hydrogen (secondary N) is 1. The first kappa shape index (κ1) is 22.7. The van der Waals surface area contributed by atoms with Gasteiger partial charge in [-0.05, 0) is 76.6 Å². The molecule has 1 nitrogen and oxygen atoms in total. The minimum absolute atomic E-state index is 0.580. The maximum absolute atomic E-state index is 6.49. The summed E-state index contributed by atoms with van der Waals surface area (Å²) in [4.78, 5) is 0. The van der Waals surface area contributed by atoms with E-state index in [0.29, 0.717) is 10.0 Å². The largest absolute Gasteiger partial charge is 0.313 e. The number of benzene rings is 3. The molecule has 29 heavy (non-hydrogen) atoms. The molecule has 0 aliphatic carbocycles. The van der Waals surface area contributed by atoms with Gasteiger partial charge in [0.2, 0.25) is 0 Å². The summed E-state index contributed by atoms with van der Waals surface area (Å²) in [5, 5.41) is 5.49. The summed E-state index contributed by atoms with van der Waals surface area (Å²) < 4.78 is 0.861. The summed E-state index contributed by atoms with van der Waals surface area (Å²) in [6.07, 6.45) is 4.44. The van der Waals surface area contributed by atoms with Crippen LogP contribution < -0.4 is 5.32 Å². The second kappa shape index (κ2) is 11.4. The van der Waals surface area contributed by atoms with Crippen LogP contribution in [0.5, 0.6) is 0 Å². The first-order chi connectivity index (χ1) is 14.0. The molecule has 0 aliphatic rings. The van der Waals surface area contributed by atoms with Crippen LogP contribution in [0.25, 0.3) is 11.1 Å². The highest BCUT2D eigenvalue weighted by molar-refractivity contribution is 9.10. The highest BCUT2D eigenvalue weighted by atomic mass is 79.9. The van der Waals surface area contributed by atoms with E-state index in [0.717, 1.165) is 53.0 Å². The maximum Gasteiger partial charge on any atom is 0.0734 e. The van der Waals surface area contributed by atoms with Crippen molar-refractivity contribution in [3.05, 3.63) is 91.3 Å². The monoisotopic (exact) mass is 509 g/mol. The standard InChI is InChI=1S/C24H23BrCl3N/c25-21-13-17(14-23(27)24(21)28)7-3-2-6-12-29-16-18-10-11-20(22(26)15-18)19-8-4-1-5-9-19/h1,4-5,8-11,13-15,29H,2-3,6-7,12,16H2. The number of rotatable bonds is 9. The van der Waals surface area contributed by atoms with Crippen LogP contribution in [0.3, 0.4) is 0 Å². The minimum atomic E-state index is 0.580. The van der Waals surface area contributed by atoms with E-state index >= 15 is 0 Å². The van der Waals surface area contributed by atoms with Gasteiger partial charge in [0.1, 0.15) is 0 Å². The Balaban J connectivity index is 1.37. The summed E-state index contributed by atoms with van der Waals surface area (Å²) in [6, 6.07) is 20.5. The fraction of sp³-hybridized carbons (Fsp3) is 0.250. The lowest BCUT2D eigenvalue weighted by molar-refractivity contribution is 0.603. The Kier molecular flexibility index (Phi) is 8.89. The number of unbranched alkanes of at least 4 members (excludes halogenated alkanes) is 2. The molecule has 0 spiro atoms. The van der Waals surface area contributed by atoms with E-state index in [-0.39, 0.29) is 0 Å². The van der Waals surface area contributed by atoms with E-state index in [4.69, 9.17) is 34.8 Å². The van der Waals surface area contributed by atoms with Crippen molar-refractivity contribution < 1.29 is 0 Å². The van der Waals surface area contributed by atoms with Crippen molar-refractivity contribution >= 4 is 50.7 Å². The van der Waals surface area contributed by atoms with E-state index in [1.165, 1.54) is 17.5 Å². The van der Waals surface area contributed by atoms with E-state index in [1.54, 1.807) is 0 Å². The van der Waals surface area contributed by atoms with Crippen LogP contribution in [0, 0.1) is 0 Å². The lowest BCUT2D eigenvalue weighted by atomic mass is 10.0. The zero-order valence-corrected chi connectivity index (χ0v) is 19.9. The quantitative estimate of drug-likeness (QED) is 0.224. The average molecular weight is 512 g/mol. The molecular weight excluding hydrogens is 489 g/mol. The summed E-state index contributed by atoms with van der Waals surface area (Å²) in [5.74, 6) is 0. The summed E-state index contributed by atoms with van der Waals surface area (Å²) in [6.45, 7) is 1.82. The molecular formula is C24H23BrCl3N. The highest BCUT2D eigenvalue weighted by Crippen LogP contribution is 2.32. The van der Waals surface area contributed by atoms with Gasteiger partial charge < -0.3 is 5.32 Å². The number of aryl methyl sites for hydroxylation is 1. The SMILES string of the molecule is Clc1cc(CNCCCCCc2cc(Cl)c(Cl)c(Br)c2)ccc1-c1ccccc1. The van der Waals surface area contributed by atoms with E-state index in [9.17, 15) is 0 Å². The number of hydrogen-bond donors (Lipinski definition) is 1. The van der Waals surface area contributed by atoms with Crippen LogP contribution in [0.4, 0.5) is 0 Å². The van der Waals surface area contributed by atoms with Gasteiger partial charge in [0.15, 0.2) is 0 Å². The summed E-state index contributed by atoms with van der Waals surface area (Å²) >= 11 is 22.1. The van der Waals surface area contributed by atoms with E-state index in [2.05, 4.69) is 57.6 Å². The van der Waals surface area contributed by atoms with Crippen molar-refractivity contribution in [2.24, 2.45) is 0 Å². The van der Waals surface area contributed by atoms with Crippen molar-refractivity contribution in [2.75, 3.05) is 6.54 Å². The van der Waals surface area contributed by atoms with Crippen LogP contribution in [0.15, 0.2) is 65.1 Å². The first-order valence-electron chi connectivity index (χ1n) is 9.72. The van der Waals surface area contributed by atoms with Crippen LogP contribution in [-0.4, -0.2) is 6.54 Å². The predicted molar refractivity (Wildman–Crippen MR) is 130 cm³/mol. The molecule has 3 aromatic carbocycles. The zero-order valence-electron chi connectivity index (χ0n) is 16.0. The Morgan fingerprint density at radius 1 is 0.759 bits per heavy atom. The van der Waals surface area contributed by atoms with Gasteiger partial charge in [0.05, 0.1) is 10.0 Å². The van der Waals surface area contributed by atoms with Gasteiger partial charge in [-0.1, -0.05) is 83.7 Å². The summed E-state index contributed by atoms with van der Waals surface area (Å²) in [5.41, 5.74) is 4.64. The Hall–Kier alpha value is -1.03. The fourth-order valence-electron chi connectivity index (χ4n) is 3.26. The highest BCUT2D eigenvalue weighted by Gasteiger charge is 2.06. The Morgan fingerprint density at radius 3 is 2.24 bits per heavy atom. The van der Waals surface area contributed by atoms with Crippen LogP contribution >= 0.6 is 50.7 Å². The molecule has 5 heteroatoms. The van der Waals surface area contributed by atoms with E-state index < -0.39 is 0 Å². The molecule has 0 unspecified atom stereocenters. The van der Waals surface area contributed by atoms with Gasteiger partial charge in [0, 0.05) is 21.6 Å². The summed E-state index contributed by atoms with van der Waals surface area (Å²) in [7, 11) is 0. The normalized spacial score (nSPS) is 11.0. The third-order valence-corrected chi connectivity index (χ3v) is 6.78. The Morgan fingerprint density at radius 2 is 1.52 bits per heavy atom. The average Bonchev–Trinajstić information content (AvgIpc) is 2.72. The smallest absolute Gasteiger partial charge is 0.0734 e. The second-order valence-corrected chi connectivity index (χ2v) is 9.09. The molecule has 0 saturated heterocycles. The third-order valence-electron chi connectivity index (χ3n) is 4.81. The first-order valence-corrected chi connectivity index (χ1v) is 11.7. The van der Waals surface area contributed by atoms with Crippen LogP contribution in [0.1, 0.15) is 30.4 Å². The van der Waals surface area contributed by atoms with Crippen molar-refractivity contribution in [3.8, 4) is 11.1 Å². The lowest BCUT2D eigenvalue weighted by Crippen LogP contribution is -2.14.